The van der Waals surface area contributed by atoms with Crippen molar-refractivity contribution >= 4 is 61.1 Å². The maximum absolute atomic E-state index is 3.54. The van der Waals surface area contributed by atoms with Crippen molar-refractivity contribution in [3.63, 3.8) is 0 Å². The lowest BCUT2D eigenvalue weighted by molar-refractivity contribution is 0.590. The molecular weight excluding hydrogens is 534 g/mol. The van der Waals surface area contributed by atoms with Crippen molar-refractivity contribution < 1.29 is 0 Å². The van der Waals surface area contributed by atoms with E-state index in [1.165, 1.54) is 16.7 Å². The van der Waals surface area contributed by atoms with E-state index >= 15 is 0 Å². The molecule has 166 valence electrons. The van der Waals surface area contributed by atoms with Crippen LogP contribution in [0.2, 0.25) is 0 Å². The van der Waals surface area contributed by atoms with Gasteiger partial charge >= 0.3 is 0 Å². The van der Waals surface area contributed by atoms with Crippen molar-refractivity contribution in [3.8, 4) is 0 Å². The predicted molar refractivity (Wildman–Crippen MR) is 151 cm³/mol. The fraction of sp³-hybridized carbons (Fsp3) is 0.133. The van der Waals surface area contributed by atoms with Crippen molar-refractivity contribution in [2.45, 2.75) is 26.2 Å². The van der Waals surface area contributed by atoms with E-state index in [4.69, 9.17) is 0 Å². The largest absolute Gasteiger partial charge is 0.311 e. The van der Waals surface area contributed by atoms with Gasteiger partial charge in [-0.1, -0.05) is 101 Å². The molecule has 0 saturated heterocycles. The normalized spacial score (nSPS) is 11.7. The first-order valence-corrected chi connectivity index (χ1v) is 12.6. The van der Waals surface area contributed by atoms with Crippen LogP contribution in [-0.4, -0.2) is 0 Å². The van der Waals surface area contributed by atoms with E-state index in [0.717, 1.165) is 26.0 Å². The minimum atomic E-state index is 0.174. The highest BCUT2D eigenvalue weighted by molar-refractivity contribution is 9.10. The summed E-state index contributed by atoms with van der Waals surface area (Å²) in [6.07, 6.45) is 4.34. The van der Waals surface area contributed by atoms with Crippen molar-refractivity contribution in [2.75, 3.05) is 4.90 Å². The van der Waals surface area contributed by atoms with Gasteiger partial charge in [-0.05, 0) is 82.8 Å². The second-order valence-corrected chi connectivity index (χ2v) is 10.9. The van der Waals surface area contributed by atoms with Crippen LogP contribution in [0.5, 0.6) is 0 Å². The monoisotopic (exact) mass is 559 g/mol. The molecule has 0 aliphatic carbocycles. The zero-order valence-electron chi connectivity index (χ0n) is 19.1. The lowest BCUT2D eigenvalue weighted by Gasteiger charge is -2.25. The Bertz CT molecular complexity index is 1170. The molecule has 4 aromatic rings. The summed E-state index contributed by atoms with van der Waals surface area (Å²) in [5, 5.41) is 0. The molecule has 0 aromatic heterocycles. The van der Waals surface area contributed by atoms with Gasteiger partial charge in [-0.2, -0.15) is 0 Å². The number of hydrogen-bond donors (Lipinski definition) is 0. The third kappa shape index (κ3) is 6.04. The summed E-state index contributed by atoms with van der Waals surface area (Å²) in [5.74, 6) is 0. The van der Waals surface area contributed by atoms with Gasteiger partial charge in [0.25, 0.3) is 0 Å². The Morgan fingerprint density at radius 2 is 0.848 bits per heavy atom. The van der Waals surface area contributed by atoms with Crippen LogP contribution in [0.3, 0.4) is 0 Å². The average Bonchev–Trinajstić information content (AvgIpc) is 2.81. The molecular formula is C30H27Br2N. The van der Waals surface area contributed by atoms with Crippen molar-refractivity contribution in [1.82, 2.24) is 0 Å². The van der Waals surface area contributed by atoms with Gasteiger partial charge in [0.2, 0.25) is 0 Å². The summed E-state index contributed by atoms with van der Waals surface area (Å²) < 4.78 is 2.14. The van der Waals surface area contributed by atoms with Gasteiger partial charge in [0, 0.05) is 26.0 Å². The van der Waals surface area contributed by atoms with E-state index in [2.05, 4.69) is 167 Å². The molecule has 0 unspecified atom stereocenters. The van der Waals surface area contributed by atoms with Crippen LogP contribution in [0.4, 0.5) is 17.1 Å². The summed E-state index contributed by atoms with van der Waals surface area (Å²) >= 11 is 7.09. The molecule has 0 aliphatic rings. The van der Waals surface area contributed by atoms with Crippen LogP contribution in [-0.2, 0) is 5.41 Å². The molecule has 0 spiro atoms. The smallest absolute Gasteiger partial charge is 0.0462 e. The minimum absolute atomic E-state index is 0.174. The molecule has 0 heterocycles. The molecule has 0 aliphatic heterocycles. The highest BCUT2D eigenvalue weighted by Crippen LogP contribution is 2.35. The summed E-state index contributed by atoms with van der Waals surface area (Å²) in [6, 6.07) is 34.3. The van der Waals surface area contributed by atoms with Crippen LogP contribution >= 0.6 is 31.9 Å². The molecule has 0 bridgehead atoms. The molecule has 0 atom stereocenters. The quantitative estimate of drug-likeness (QED) is 0.219. The first-order valence-electron chi connectivity index (χ1n) is 11.0. The maximum atomic E-state index is 3.54. The van der Waals surface area contributed by atoms with E-state index in [-0.39, 0.29) is 5.41 Å². The SMILES string of the molecule is CC(C)(C)c1ccc(C=Cc2ccc(N(c3ccc(Br)cc3)c3ccc(Br)cc3)cc2)cc1. The number of hydrogen-bond acceptors (Lipinski definition) is 1. The highest BCUT2D eigenvalue weighted by atomic mass is 79.9. The van der Waals surface area contributed by atoms with Crippen LogP contribution in [0.25, 0.3) is 12.2 Å². The lowest BCUT2D eigenvalue weighted by atomic mass is 9.87. The van der Waals surface area contributed by atoms with Gasteiger partial charge in [-0.15, -0.1) is 0 Å². The fourth-order valence-electron chi connectivity index (χ4n) is 3.65. The highest BCUT2D eigenvalue weighted by Gasteiger charge is 2.13. The number of halogens is 2. The topological polar surface area (TPSA) is 3.24 Å². The number of benzene rings is 4. The Morgan fingerprint density at radius 3 is 1.21 bits per heavy atom. The van der Waals surface area contributed by atoms with Crippen LogP contribution in [0.1, 0.15) is 37.5 Å². The zero-order valence-corrected chi connectivity index (χ0v) is 22.3. The summed E-state index contributed by atoms with van der Waals surface area (Å²) in [7, 11) is 0. The second-order valence-electron chi connectivity index (χ2n) is 9.09. The van der Waals surface area contributed by atoms with Crippen molar-refractivity contribution in [2.24, 2.45) is 0 Å². The first kappa shape index (κ1) is 23.5. The Kier molecular flexibility index (Phi) is 7.21. The van der Waals surface area contributed by atoms with Crippen LogP contribution in [0, 0.1) is 0 Å². The van der Waals surface area contributed by atoms with Crippen LogP contribution in [0.15, 0.2) is 106 Å². The Balaban J connectivity index is 1.59. The van der Waals surface area contributed by atoms with Crippen molar-refractivity contribution in [3.05, 3.63) is 123 Å². The van der Waals surface area contributed by atoms with E-state index in [9.17, 15) is 0 Å². The number of rotatable bonds is 5. The summed E-state index contributed by atoms with van der Waals surface area (Å²) in [4.78, 5) is 2.26. The third-order valence-electron chi connectivity index (χ3n) is 5.57. The Morgan fingerprint density at radius 1 is 0.515 bits per heavy atom. The molecule has 0 fully saturated rings. The molecule has 1 nitrogen and oxygen atoms in total. The fourth-order valence-corrected chi connectivity index (χ4v) is 4.18. The average molecular weight is 561 g/mol. The molecule has 3 heteroatoms. The van der Waals surface area contributed by atoms with E-state index in [1.54, 1.807) is 0 Å². The minimum Gasteiger partial charge on any atom is -0.311 e. The standard InChI is InChI=1S/C30H27Br2N/c1-30(2,3)24-10-6-22(7-11-24)4-5-23-8-16-27(17-9-23)33(28-18-12-25(31)13-19-28)29-20-14-26(32)15-21-29/h4-21H,1-3H3. The van der Waals surface area contributed by atoms with E-state index in [1.807, 2.05) is 0 Å². The van der Waals surface area contributed by atoms with E-state index in [0.29, 0.717) is 0 Å². The third-order valence-corrected chi connectivity index (χ3v) is 6.62. The van der Waals surface area contributed by atoms with Crippen LogP contribution < -0.4 is 4.90 Å². The molecule has 0 saturated carbocycles. The first-order chi connectivity index (χ1) is 15.8. The molecule has 4 rings (SSSR count). The zero-order chi connectivity index (χ0) is 23.4. The lowest BCUT2D eigenvalue weighted by Crippen LogP contribution is -2.10. The molecule has 0 radical (unpaired) electrons. The van der Waals surface area contributed by atoms with Gasteiger partial charge in [0.05, 0.1) is 0 Å². The van der Waals surface area contributed by atoms with Gasteiger partial charge < -0.3 is 4.90 Å². The summed E-state index contributed by atoms with van der Waals surface area (Å²) in [6.45, 7) is 6.72. The van der Waals surface area contributed by atoms with Gasteiger partial charge in [-0.25, -0.2) is 0 Å². The number of nitrogens with zero attached hydrogens (tertiary/aromatic N) is 1. The predicted octanol–water partition coefficient (Wildman–Crippen LogP) is 10.1. The second kappa shape index (κ2) is 10.1. The maximum Gasteiger partial charge on any atom is 0.0462 e. The van der Waals surface area contributed by atoms with Crippen molar-refractivity contribution in [1.29, 1.82) is 0 Å². The van der Waals surface area contributed by atoms with Gasteiger partial charge in [0.1, 0.15) is 0 Å². The van der Waals surface area contributed by atoms with Gasteiger partial charge in [0.15, 0.2) is 0 Å². The molecule has 33 heavy (non-hydrogen) atoms. The van der Waals surface area contributed by atoms with E-state index < -0.39 is 0 Å². The molecule has 0 amide bonds. The van der Waals surface area contributed by atoms with Gasteiger partial charge in [-0.3, -0.25) is 0 Å². The Hall–Kier alpha value is -2.62. The molecule has 0 N–H and O–H groups in total. The molecule has 4 aromatic carbocycles. The Labute approximate surface area is 214 Å². The number of anilines is 3. The summed E-state index contributed by atoms with van der Waals surface area (Å²) in [5.41, 5.74) is 7.25.